The molecule has 1 unspecified atom stereocenters. The van der Waals surface area contributed by atoms with Crippen molar-refractivity contribution in [3.05, 3.63) is 160 Å². The van der Waals surface area contributed by atoms with Crippen molar-refractivity contribution in [2.75, 3.05) is 13.1 Å². The molecule has 4 amide bonds. The maximum Gasteiger partial charge on any atom is 0.261 e. The Labute approximate surface area is 533 Å². The molecular weight excluding hydrogens is 1120 g/mol. The molecule has 1 atom stereocenters. The number of carbonyl (C=O) groups is 4. The standard InChI is InChI=1S/C80H92N2O8/c1-15-17-19-21-23-25-43-81-73(83)57-45-61(87-53-35-27-49(28-36-53)77(3,4)5)67-69-63(89-55-39-31-51(32-40-55)79(9,10)11)47-59-66-60(76(86)82(75(59)85)44-26-24-22-20-18-16-2)48-64(90-56-41-33-52(34-42-56)80(12,13)14)70(72(66)69)68-62(46-58(74(81)84)65(57)71(67)68)88-54-37-29-50(30-38-54)78(6,7)8/h27-41,45-48,56H,15-26,42-44H2,1-14H3. The minimum absolute atomic E-state index is 0.113. The van der Waals surface area contributed by atoms with Crippen molar-refractivity contribution < 1.29 is 38.1 Å². The molecule has 11 rings (SSSR count). The highest BCUT2D eigenvalue weighted by molar-refractivity contribution is 6.44. The highest BCUT2D eigenvalue weighted by Gasteiger charge is 2.42. The van der Waals surface area contributed by atoms with Crippen LogP contribution in [0.3, 0.4) is 0 Å². The summed E-state index contributed by atoms with van der Waals surface area (Å²) >= 11 is 0. The van der Waals surface area contributed by atoms with Gasteiger partial charge in [0.05, 0.1) is 22.3 Å². The van der Waals surface area contributed by atoms with Gasteiger partial charge in [-0.15, -0.1) is 0 Å². The second-order valence-electron chi connectivity index (χ2n) is 29.5. The number of hydrogen-bond acceptors (Lipinski definition) is 8. The highest BCUT2D eigenvalue weighted by Crippen LogP contribution is 2.58. The molecule has 0 N–H and O–H groups in total. The molecule has 3 aliphatic rings. The Morgan fingerprint density at radius 2 is 0.689 bits per heavy atom. The molecule has 2 aliphatic heterocycles. The third-order valence-electron chi connectivity index (χ3n) is 18.6. The van der Waals surface area contributed by atoms with Gasteiger partial charge in [-0.3, -0.25) is 29.0 Å². The van der Waals surface area contributed by atoms with Crippen LogP contribution < -0.4 is 18.9 Å². The lowest BCUT2D eigenvalue weighted by molar-refractivity contribution is 0.0592. The minimum Gasteiger partial charge on any atom is -0.485 e. The Morgan fingerprint density at radius 1 is 0.378 bits per heavy atom. The molecule has 10 heteroatoms. The van der Waals surface area contributed by atoms with E-state index in [0.717, 1.165) is 80.9 Å². The summed E-state index contributed by atoms with van der Waals surface area (Å²) in [5, 5.41) is 4.03. The van der Waals surface area contributed by atoms with Crippen molar-refractivity contribution in [3.8, 4) is 40.2 Å². The third kappa shape index (κ3) is 12.5. The molecule has 90 heavy (non-hydrogen) atoms. The summed E-state index contributed by atoms with van der Waals surface area (Å²) in [6, 6.07) is 31.3. The number of rotatable bonds is 22. The van der Waals surface area contributed by atoms with Gasteiger partial charge in [-0.05, 0) is 124 Å². The Balaban J connectivity index is 1.28. The minimum atomic E-state index is -0.482. The van der Waals surface area contributed by atoms with Gasteiger partial charge >= 0.3 is 0 Å². The van der Waals surface area contributed by atoms with E-state index in [1.54, 1.807) is 18.2 Å². The van der Waals surface area contributed by atoms with Crippen molar-refractivity contribution in [2.45, 2.75) is 203 Å². The van der Waals surface area contributed by atoms with Crippen LogP contribution in [0.5, 0.6) is 40.2 Å². The highest BCUT2D eigenvalue weighted by atomic mass is 16.5. The number of carbonyl (C=O) groups excluding carboxylic acids is 4. The van der Waals surface area contributed by atoms with Crippen LogP contribution in [-0.2, 0) is 16.2 Å². The van der Waals surface area contributed by atoms with Gasteiger partial charge in [-0.25, -0.2) is 0 Å². The number of ether oxygens (including phenoxy) is 4. The van der Waals surface area contributed by atoms with E-state index in [4.69, 9.17) is 18.9 Å². The summed E-state index contributed by atoms with van der Waals surface area (Å²) in [4.78, 5) is 65.5. The Hall–Kier alpha value is -7.98. The average molecular weight is 1210 g/mol. The summed E-state index contributed by atoms with van der Waals surface area (Å²) in [6.45, 7) is 31.0. The van der Waals surface area contributed by atoms with Crippen LogP contribution in [0.25, 0.3) is 43.1 Å². The second-order valence-corrected chi connectivity index (χ2v) is 29.5. The molecule has 0 aromatic heterocycles. The molecule has 0 spiro atoms. The van der Waals surface area contributed by atoms with Crippen molar-refractivity contribution in [2.24, 2.45) is 5.41 Å². The van der Waals surface area contributed by atoms with Crippen LogP contribution in [0, 0.1) is 5.41 Å². The molecule has 8 aromatic carbocycles. The summed E-state index contributed by atoms with van der Waals surface area (Å²) < 4.78 is 29.4. The smallest absolute Gasteiger partial charge is 0.261 e. The van der Waals surface area contributed by atoms with E-state index in [9.17, 15) is 0 Å². The second kappa shape index (κ2) is 25.0. The lowest BCUT2D eigenvalue weighted by Crippen LogP contribution is -2.41. The Morgan fingerprint density at radius 3 is 0.989 bits per heavy atom. The zero-order chi connectivity index (χ0) is 64.2. The monoisotopic (exact) mass is 1210 g/mol. The summed E-state index contributed by atoms with van der Waals surface area (Å²) in [5.41, 5.74) is 5.19. The first-order valence-electron chi connectivity index (χ1n) is 33.3. The van der Waals surface area contributed by atoms with E-state index in [1.807, 2.05) is 42.5 Å². The molecular formula is C80H92N2O8. The van der Waals surface area contributed by atoms with Gasteiger partial charge in [0, 0.05) is 62.6 Å². The van der Waals surface area contributed by atoms with E-state index in [2.05, 4.69) is 152 Å². The van der Waals surface area contributed by atoms with Crippen molar-refractivity contribution in [1.29, 1.82) is 0 Å². The fourth-order valence-corrected chi connectivity index (χ4v) is 13.3. The lowest BCUT2D eigenvalue weighted by Gasteiger charge is -2.33. The van der Waals surface area contributed by atoms with E-state index < -0.39 is 29.7 Å². The topological polar surface area (TPSA) is 112 Å². The maximum atomic E-state index is 15.7. The molecule has 10 nitrogen and oxygen atoms in total. The van der Waals surface area contributed by atoms with Gasteiger partial charge in [-0.1, -0.05) is 210 Å². The largest absolute Gasteiger partial charge is 0.485 e. The first-order chi connectivity index (χ1) is 42.8. The molecule has 0 fully saturated rings. The van der Waals surface area contributed by atoms with Gasteiger partial charge in [0.25, 0.3) is 23.6 Å². The molecule has 0 radical (unpaired) electrons. The predicted octanol–water partition coefficient (Wildman–Crippen LogP) is 21.6. The Bertz CT molecular complexity index is 4100. The Kier molecular flexibility index (Phi) is 17.7. The van der Waals surface area contributed by atoms with E-state index in [-0.39, 0.29) is 34.7 Å². The van der Waals surface area contributed by atoms with E-state index in [0.29, 0.717) is 125 Å². The number of amides is 4. The molecule has 0 bridgehead atoms. The van der Waals surface area contributed by atoms with Crippen LogP contribution in [0.1, 0.15) is 239 Å². The summed E-state index contributed by atoms with van der Waals surface area (Å²) in [5.74, 6) is 1.22. The number of imide groups is 2. The SMILES string of the molecule is CCCCCCCCN1C(=O)c2cc(Oc3ccc(C(C)(C)C)cc3)c3c4c(Oc5ccc(C(C)(C)C)cc5)cc5c6c(cc(OC7C=CC(C(C)(C)C)=CC7)c(c7c(Oc8ccc(C(C)(C)C)cc8)cc(c2c37)C1=O)c64)C(=O)N(CCCCCCCC)C5=O. The maximum absolute atomic E-state index is 15.7. The number of hydrogen-bond donors (Lipinski definition) is 0. The predicted molar refractivity (Wildman–Crippen MR) is 366 cm³/mol. The first-order valence-corrected chi connectivity index (χ1v) is 33.3. The quantitative estimate of drug-likeness (QED) is 0.0285. The van der Waals surface area contributed by atoms with Crippen LogP contribution in [0.4, 0.5) is 0 Å². The number of unbranched alkanes of at least 4 members (excludes halogenated alkanes) is 10. The first kappa shape index (κ1) is 63.6. The van der Waals surface area contributed by atoms with Gasteiger partial charge in [0.2, 0.25) is 0 Å². The fraction of sp³-hybridized carbons (Fsp3) is 0.425. The summed E-state index contributed by atoms with van der Waals surface area (Å²) in [6.07, 6.45) is 18.2. The normalized spacial score (nSPS) is 15.5. The number of allylic oxidation sites excluding steroid dienone is 2. The fourth-order valence-electron chi connectivity index (χ4n) is 13.3. The molecule has 2 heterocycles. The van der Waals surface area contributed by atoms with Crippen LogP contribution in [0.15, 0.2) is 121 Å². The van der Waals surface area contributed by atoms with Crippen molar-refractivity contribution in [1.82, 2.24) is 9.80 Å². The number of benzene rings is 8. The molecule has 0 saturated carbocycles. The molecule has 0 saturated heterocycles. The summed E-state index contributed by atoms with van der Waals surface area (Å²) in [7, 11) is 0. The van der Waals surface area contributed by atoms with Crippen molar-refractivity contribution >= 4 is 66.7 Å². The number of fused-ring (bicyclic) bond motifs is 2. The van der Waals surface area contributed by atoms with Gasteiger partial charge in [0.15, 0.2) is 0 Å². The van der Waals surface area contributed by atoms with E-state index in [1.165, 1.54) is 15.4 Å². The zero-order valence-corrected chi connectivity index (χ0v) is 55.8. The van der Waals surface area contributed by atoms with Gasteiger partial charge in [-0.2, -0.15) is 0 Å². The molecule has 8 aromatic rings. The van der Waals surface area contributed by atoms with E-state index >= 15 is 19.2 Å². The van der Waals surface area contributed by atoms with Crippen LogP contribution in [0.2, 0.25) is 0 Å². The molecule has 470 valence electrons. The van der Waals surface area contributed by atoms with Crippen LogP contribution in [-0.4, -0.2) is 52.6 Å². The van der Waals surface area contributed by atoms with Crippen LogP contribution >= 0.6 is 0 Å². The van der Waals surface area contributed by atoms with Gasteiger partial charge < -0.3 is 18.9 Å². The zero-order valence-electron chi connectivity index (χ0n) is 55.8. The van der Waals surface area contributed by atoms with Gasteiger partial charge in [0.1, 0.15) is 46.4 Å². The van der Waals surface area contributed by atoms with Crippen molar-refractivity contribution in [3.63, 3.8) is 0 Å². The molecule has 1 aliphatic carbocycles. The number of nitrogens with zero attached hydrogens (tertiary/aromatic N) is 2. The third-order valence-corrected chi connectivity index (χ3v) is 18.6. The lowest BCUT2D eigenvalue weighted by atomic mass is 9.80. The average Bonchev–Trinajstić information content (AvgIpc) is 0.675.